The van der Waals surface area contributed by atoms with Gasteiger partial charge in [-0.1, -0.05) is 39.5 Å². The molecule has 1 heterocycles. The van der Waals surface area contributed by atoms with Gasteiger partial charge < -0.3 is 28.5 Å². The summed E-state index contributed by atoms with van der Waals surface area (Å²) < 4.78 is 46.6. The predicted molar refractivity (Wildman–Crippen MR) is 192 cm³/mol. The van der Waals surface area contributed by atoms with Crippen LogP contribution in [0.5, 0.6) is 5.75 Å². The third-order valence-electron chi connectivity index (χ3n) is 9.94. The Hall–Kier alpha value is -2.33. The summed E-state index contributed by atoms with van der Waals surface area (Å²) in [5, 5.41) is 0. The number of hydrogen-bond donors (Lipinski definition) is 0. The van der Waals surface area contributed by atoms with Crippen molar-refractivity contribution >= 4 is 26.9 Å². The third-order valence-corrected chi connectivity index (χ3v) is 11.9. The lowest BCUT2D eigenvalue weighted by Gasteiger charge is -2.37. The average Bonchev–Trinajstić information content (AvgIpc) is 3.16. The zero-order chi connectivity index (χ0) is 33.6. The van der Waals surface area contributed by atoms with E-state index in [1.165, 1.54) is 0 Å². The second kappa shape index (κ2) is 18.3. The minimum atomic E-state index is -3.48. The fourth-order valence-electron chi connectivity index (χ4n) is 6.63. The van der Waals surface area contributed by atoms with Crippen LogP contribution < -0.4 is 14.5 Å². The van der Waals surface area contributed by atoms with E-state index in [-0.39, 0.29) is 11.2 Å². The number of unbranched alkanes of at least 4 members (excludes halogenated alkanes) is 2. The molecular formula is C37H62N3O5S+. The number of fused-ring (bicyclic) bond motifs is 1. The summed E-state index contributed by atoms with van der Waals surface area (Å²) in [5.74, 6) is 0.956. The minimum Gasteiger partial charge on any atom is -0.491 e. The number of anilines is 3. The molecule has 9 heteroatoms. The van der Waals surface area contributed by atoms with Crippen molar-refractivity contribution in [3.63, 3.8) is 0 Å². The Morgan fingerprint density at radius 1 is 0.804 bits per heavy atom. The van der Waals surface area contributed by atoms with Gasteiger partial charge in [-0.2, -0.15) is 0 Å². The average molecular weight is 661 g/mol. The summed E-state index contributed by atoms with van der Waals surface area (Å²) in [4.78, 5) is 4.70. The maximum Gasteiger partial charge on any atom is 0.181 e. The Balaban J connectivity index is 1.68. The lowest BCUT2D eigenvalue weighted by molar-refractivity contribution is -0.923. The van der Waals surface area contributed by atoms with Crippen molar-refractivity contribution in [1.82, 2.24) is 0 Å². The predicted octanol–water partition coefficient (Wildman–Crippen LogP) is 7.33. The molecule has 0 saturated heterocycles. The van der Waals surface area contributed by atoms with Gasteiger partial charge in [0.15, 0.2) is 9.84 Å². The van der Waals surface area contributed by atoms with E-state index < -0.39 is 9.84 Å². The summed E-state index contributed by atoms with van der Waals surface area (Å²) in [6.07, 6.45) is 5.93. The van der Waals surface area contributed by atoms with Crippen LogP contribution in [0, 0.1) is 5.41 Å². The third kappa shape index (κ3) is 10.3. The number of hydrogen-bond acceptors (Lipinski definition) is 7. The van der Waals surface area contributed by atoms with Crippen LogP contribution in [0.2, 0.25) is 0 Å². The first-order valence-corrected chi connectivity index (χ1v) is 19.3. The molecule has 3 rings (SSSR count). The highest BCUT2D eigenvalue weighted by Gasteiger charge is 2.42. The number of sulfone groups is 1. The number of benzene rings is 2. The topological polar surface area (TPSA) is 68.3 Å². The van der Waals surface area contributed by atoms with Gasteiger partial charge in [0.1, 0.15) is 18.9 Å². The molecule has 0 atom stereocenters. The lowest BCUT2D eigenvalue weighted by Crippen LogP contribution is -2.49. The molecule has 0 aromatic heterocycles. The molecule has 0 spiro atoms. The Labute approximate surface area is 280 Å². The fourth-order valence-corrected chi connectivity index (χ4v) is 8.74. The van der Waals surface area contributed by atoms with Crippen LogP contribution in [0.4, 0.5) is 17.1 Å². The lowest BCUT2D eigenvalue weighted by atomic mass is 9.79. The van der Waals surface area contributed by atoms with Crippen LogP contribution in [0.25, 0.3) is 0 Å². The van der Waals surface area contributed by atoms with Crippen molar-refractivity contribution in [2.75, 3.05) is 95.4 Å². The second-order valence-corrected chi connectivity index (χ2v) is 15.1. The molecule has 0 bridgehead atoms. The van der Waals surface area contributed by atoms with E-state index in [9.17, 15) is 8.42 Å². The normalized spacial score (nSPS) is 15.8. The highest BCUT2D eigenvalue weighted by molar-refractivity contribution is 7.91. The molecule has 46 heavy (non-hydrogen) atoms. The Morgan fingerprint density at radius 2 is 1.39 bits per heavy atom. The molecule has 0 unspecified atom stereocenters. The zero-order valence-electron chi connectivity index (χ0n) is 29.9. The highest BCUT2D eigenvalue weighted by atomic mass is 32.2. The van der Waals surface area contributed by atoms with Crippen LogP contribution in [0.3, 0.4) is 0 Å². The number of nitrogens with zero attached hydrogens (tertiary/aromatic N) is 3. The summed E-state index contributed by atoms with van der Waals surface area (Å²) in [7, 11) is 0.495. The molecule has 8 nitrogen and oxygen atoms in total. The molecule has 0 radical (unpaired) electrons. The SMILES string of the molecule is CCCCC1(CCCC)CN(c2ccc(OCCOCCOCC[N+](CC)(CC)CC)cc2)c2cc(N(C)C)ccc2S(=O)(=O)C1. The second-order valence-electron chi connectivity index (χ2n) is 13.2. The Kier molecular flexibility index (Phi) is 15.1. The molecule has 0 saturated carbocycles. The van der Waals surface area contributed by atoms with Gasteiger partial charge in [0.25, 0.3) is 0 Å². The number of likely N-dealkylation sites (N-methyl/N-ethyl adjacent to an activating group) is 1. The van der Waals surface area contributed by atoms with Gasteiger partial charge in [-0.05, 0) is 76.1 Å². The van der Waals surface area contributed by atoms with E-state index in [4.69, 9.17) is 14.2 Å². The van der Waals surface area contributed by atoms with E-state index in [0.29, 0.717) is 37.9 Å². The van der Waals surface area contributed by atoms with Gasteiger partial charge in [-0.15, -0.1) is 0 Å². The highest BCUT2D eigenvalue weighted by Crippen LogP contribution is 2.46. The van der Waals surface area contributed by atoms with E-state index in [1.807, 2.05) is 43.3 Å². The van der Waals surface area contributed by atoms with Crippen molar-refractivity contribution in [3.8, 4) is 5.75 Å². The Bertz CT molecular complexity index is 1260. The van der Waals surface area contributed by atoms with Crippen molar-refractivity contribution in [1.29, 1.82) is 0 Å². The molecule has 0 N–H and O–H groups in total. The first-order valence-electron chi connectivity index (χ1n) is 17.6. The molecule has 2 aromatic rings. The van der Waals surface area contributed by atoms with Crippen molar-refractivity contribution < 1.29 is 27.1 Å². The van der Waals surface area contributed by atoms with Gasteiger partial charge >= 0.3 is 0 Å². The summed E-state index contributed by atoms with van der Waals surface area (Å²) in [6, 6.07) is 13.8. The van der Waals surface area contributed by atoms with Crippen LogP contribution in [0.15, 0.2) is 47.4 Å². The quantitative estimate of drug-likeness (QED) is 0.103. The van der Waals surface area contributed by atoms with E-state index in [2.05, 4.69) is 51.7 Å². The number of quaternary nitrogens is 1. The molecule has 2 aromatic carbocycles. The van der Waals surface area contributed by atoms with Gasteiger partial charge in [0, 0.05) is 37.4 Å². The zero-order valence-corrected chi connectivity index (χ0v) is 30.7. The van der Waals surface area contributed by atoms with E-state index >= 15 is 0 Å². The number of rotatable bonds is 21. The van der Waals surface area contributed by atoms with Crippen molar-refractivity contribution in [2.45, 2.75) is 78.0 Å². The maximum atomic E-state index is 14.0. The molecule has 0 aliphatic carbocycles. The van der Waals surface area contributed by atoms with Gasteiger partial charge in [0.05, 0.1) is 62.4 Å². The van der Waals surface area contributed by atoms with Crippen molar-refractivity contribution in [2.24, 2.45) is 5.41 Å². The monoisotopic (exact) mass is 660 g/mol. The van der Waals surface area contributed by atoms with Crippen LogP contribution in [0.1, 0.15) is 73.1 Å². The summed E-state index contributed by atoms with van der Waals surface area (Å²) >= 11 is 0. The largest absolute Gasteiger partial charge is 0.491 e. The van der Waals surface area contributed by atoms with E-state index in [1.54, 1.807) is 6.07 Å². The molecule has 0 amide bonds. The first kappa shape index (κ1) is 38.1. The van der Waals surface area contributed by atoms with Gasteiger partial charge in [-0.25, -0.2) is 8.42 Å². The molecule has 0 fully saturated rings. The smallest absolute Gasteiger partial charge is 0.181 e. The maximum absolute atomic E-state index is 14.0. The molecule has 1 aliphatic rings. The number of ether oxygens (including phenoxy) is 3. The molecular weight excluding hydrogens is 598 g/mol. The van der Waals surface area contributed by atoms with Gasteiger partial charge in [0.2, 0.25) is 0 Å². The van der Waals surface area contributed by atoms with Crippen LogP contribution in [-0.4, -0.2) is 98.5 Å². The van der Waals surface area contributed by atoms with Gasteiger partial charge in [-0.3, -0.25) is 0 Å². The first-order chi connectivity index (χ1) is 22.1. The molecule has 1 aliphatic heterocycles. The Morgan fingerprint density at radius 3 is 1.96 bits per heavy atom. The summed E-state index contributed by atoms with van der Waals surface area (Å²) in [6.45, 7) is 19.1. The summed E-state index contributed by atoms with van der Waals surface area (Å²) in [5.41, 5.74) is 2.40. The minimum absolute atomic E-state index is 0.188. The fraction of sp³-hybridized carbons (Fsp3) is 0.676. The van der Waals surface area contributed by atoms with Crippen LogP contribution in [-0.2, 0) is 19.3 Å². The van der Waals surface area contributed by atoms with Crippen LogP contribution >= 0.6 is 0 Å². The van der Waals surface area contributed by atoms with Crippen molar-refractivity contribution in [3.05, 3.63) is 42.5 Å². The van der Waals surface area contributed by atoms with E-state index in [0.717, 1.165) is 98.6 Å². The molecule has 260 valence electrons. The standard InChI is InChI=1S/C37H62N3O5S/c1-8-13-21-37(22-14-9-2)30-39(35-29-33(38(6)7)17-20-36(35)46(41,42)31-37)32-15-18-34(19-16-32)45-28-27-44-26-25-43-24-23-40(10-3,11-4)12-5/h15-20,29H,8-14,21-28,30-31H2,1-7H3/q+1.